The first-order valence-electron chi connectivity index (χ1n) is 21.4. The van der Waals surface area contributed by atoms with Gasteiger partial charge in [-0.25, -0.2) is 0 Å². The standard InChI is InChI=1S/C47H55N7O4/c55-43-9-5-4-8-41(43)42-27-39(28-48-51-42)54-24-20-47(21-25-54,36-6-2-1-3-7-36)46(58)49-37-13-10-34-30-52(31-35(34)26-37)29-32-18-22-53(23-19-32)38-14-11-33(12-15-38)40-16-17-44(56)50-45(40)57/h1-9,11-12,14-15,27-28,32,34-35,37,40,55H,10,13,16-26,29-31H2,(H,49,58)(H,50,56,57)/t34?,35?,37?,40-/m1/s1. The number of imide groups is 1. The van der Waals surface area contributed by atoms with Crippen molar-refractivity contribution in [3.8, 4) is 17.0 Å². The number of phenolic OH excluding ortho intramolecular Hbond substituents is 1. The fourth-order valence-electron chi connectivity index (χ4n) is 10.7. The Labute approximate surface area is 341 Å². The number of benzene rings is 3. The Bertz CT molecular complexity index is 2100. The van der Waals surface area contributed by atoms with E-state index in [1.165, 1.54) is 31.5 Å². The van der Waals surface area contributed by atoms with Crippen LogP contribution in [0.1, 0.15) is 74.8 Å². The minimum absolute atomic E-state index is 0.164. The summed E-state index contributed by atoms with van der Waals surface area (Å²) in [5.74, 6) is 1.76. The molecule has 4 atom stereocenters. The second-order valence-corrected chi connectivity index (χ2v) is 17.5. The van der Waals surface area contributed by atoms with Crippen LogP contribution in [0, 0.1) is 17.8 Å². The van der Waals surface area contributed by atoms with E-state index in [-0.39, 0.29) is 35.4 Å². The average Bonchev–Trinajstić information content (AvgIpc) is 3.66. The first-order chi connectivity index (χ1) is 28.3. The van der Waals surface area contributed by atoms with E-state index in [4.69, 9.17) is 0 Å². The molecular formula is C47H55N7O4. The van der Waals surface area contributed by atoms with E-state index < -0.39 is 5.41 Å². The molecule has 3 unspecified atom stereocenters. The van der Waals surface area contributed by atoms with Gasteiger partial charge < -0.3 is 25.1 Å². The van der Waals surface area contributed by atoms with E-state index in [0.717, 1.165) is 55.8 Å². The van der Waals surface area contributed by atoms with Gasteiger partial charge in [0.15, 0.2) is 0 Å². The highest BCUT2D eigenvalue weighted by Crippen LogP contribution is 2.41. The van der Waals surface area contributed by atoms with Gasteiger partial charge in [-0.2, -0.15) is 10.2 Å². The molecule has 3 amide bonds. The van der Waals surface area contributed by atoms with E-state index in [2.05, 4.69) is 71.9 Å². The molecule has 4 aliphatic heterocycles. The van der Waals surface area contributed by atoms with Gasteiger partial charge in [0.25, 0.3) is 0 Å². The number of nitrogens with one attached hydrogen (secondary N) is 2. The van der Waals surface area contributed by atoms with E-state index in [0.29, 0.717) is 67.8 Å². The summed E-state index contributed by atoms with van der Waals surface area (Å²) in [4.78, 5) is 46.0. The molecule has 11 heteroatoms. The molecule has 0 spiro atoms. The van der Waals surface area contributed by atoms with Gasteiger partial charge in [0, 0.05) is 69.5 Å². The number of carbonyl (C=O) groups is 3. The van der Waals surface area contributed by atoms with Crippen molar-refractivity contribution in [2.24, 2.45) is 17.8 Å². The van der Waals surface area contributed by atoms with Gasteiger partial charge in [0.1, 0.15) is 5.75 Å². The zero-order valence-corrected chi connectivity index (χ0v) is 33.3. The molecule has 302 valence electrons. The third-order valence-corrected chi connectivity index (χ3v) is 14.1. The Morgan fingerprint density at radius 2 is 1.53 bits per heavy atom. The van der Waals surface area contributed by atoms with Crippen LogP contribution in [-0.2, 0) is 19.8 Å². The molecule has 1 saturated carbocycles. The lowest BCUT2D eigenvalue weighted by Crippen LogP contribution is -2.54. The van der Waals surface area contributed by atoms with Gasteiger partial charge in [0.05, 0.1) is 28.9 Å². The van der Waals surface area contributed by atoms with Crippen molar-refractivity contribution in [1.82, 2.24) is 25.7 Å². The molecule has 0 bridgehead atoms. The summed E-state index contributed by atoms with van der Waals surface area (Å²) >= 11 is 0. The maximum atomic E-state index is 14.5. The lowest BCUT2D eigenvalue weighted by molar-refractivity contribution is -0.134. The molecule has 3 aromatic carbocycles. The minimum atomic E-state index is -0.595. The second kappa shape index (κ2) is 16.5. The van der Waals surface area contributed by atoms with Crippen molar-refractivity contribution in [2.75, 3.05) is 55.6 Å². The van der Waals surface area contributed by atoms with Crippen molar-refractivity contribution in [2.45, 2.75) is 75.2 Å². The number of hydrogen-bond acceptors (Lipinski definition) is 9. The third-order valence-electron chi connectivity index (χ3n) is 14.1. The lowest BCUT2D eigenvalue weighted by Gasteiger charge is -2.43. The van der Waals surface area contributed by atoms with Crippen LogP contribution in [0.5, 0.6) is 5.75 Å². The fraction of sp³-hybridized carbons (Fsp3) is 0.468. The molecule has 5 heterocycles. The number of likely N-dealkylation sites (tertiary alicyclic amines) is 1. The van der Waals surface area contributed by atoms with Crippen LogP contribution in [0.3, 0.4) is 0 Å². The Morgan fingerprint density at radius 1 is 0.810 bits per heavy atom. The van der Waals surface area contributed by atoms with Gasteiger partial charge >= 0.3 is 0 Å². The minimum Gasteiger partial charge on any atom is -0.507 e. The summed E-state index contributed by atoms with van der Waals surface area (Å²) in [7, 11) is 0. The van der Waals surface area contributed by atoms with Crippen LogP contribution in [0.15, 0.2) is 91.1 Å². The van der Waals surface area contributed by atoms with Gasteiger partial charge in [-0.1, -0.05) is 54.6 Å². The number of aromatic nitrogens is 2. The summed E-state index contributed by atoms with van der Waals surface area (Å²) in [6.45, 7) is 6.96. The molecule has 11 nitrogen and oxygen atoms in total. The fourth-order valence-corrected chi connectivity index (χ4v) is 10.7. The summed E-state index contributed by atoms with van der Waals surface area (Å²) in [6.07, 6.45) is 9.77. The smallest absolute Gasteiger partial charge is 0.234 e. The van der Waals surface area contributed by atoms with Crippen LogP contribution < -0.4 is 20.4 Å². The van der Waals surface area contributed by atoms with Crippen LogP contribution in [0.4, 0.5) is 11.4 Å². The zero-order valence-electron chi connectivity index (χ0n) is 33.3. The Hall–Kier alpha value is -5.29. The molecule has 5 aliphatic rings. The number of para-hydroxylation sites is 1. The van der Waals surface area contributed by atoms with E-state index in [1.807, 2.05) is 36.4 Å². The highest BCUT2D eigenvalue weighted by atomic mass is 16.3. The molecule has 5 fully saturated rings. The number of fused-ring (bicyclic) bond motifs is 1. The van der Waals surface area contributed by atoms with Crippen LogP contribution in [-0.4, -0.2) is 89.8 Å². The SMILES string of the molecule is O=C1CC[C@H](c2ccc(N3CCC(CN4CC5CCC(NC(=O)C6(c7ccccc7)CCN(c7cnnc(-c8ccccc8O)c7)CC6)CC5C4)CC3)cc2)C(=O)N1. The van der Waals surface area contributed by atoms with E-state index >= 15 is 0 Å². The molecule has 1 aromatic heterocycles. The van der Waals surface area contributed by atoms with Crippen molar-refractivity contribution >= 4 is 29.1 Å². The maximum absolute atomic E-state index is 14.5. The zero-order chi connectivity index (χ0) is 39.6. The van der Waals surface area contributed by atoms with Gasteiger partial charge in [-0.3, -0.25) is 19.7 Å². The molecule has 1 aliphatic carbocycles. The van der Waals surface area contributed by atoms with Crippen molar-refractivity contribution in [3.63, 3.8) is 0 Å². The van der Waals surface area contributed by atoms with Crippen molar-refractivity contribution < 1.29 is 19.5 Å². The molecular weight excluding hydrogens is 727 g/mol. The number of nitrogens with zero attached hydrogens (tertiary/aromatic N) is 5. The van der Waals surface area contributed by atoms with E-state index in [1.54, 1.807) is 18.3 Å². The quantitative estimate of drug-likeness (QED) is 0.174. The number of rotatable bonds is 9. The lowest BCUT2D eigenvalue weighted by atomic mass is 9.71. The van der Waals surface area contributed by atoms with Gasteiger partial charge in [0.2, 0.25) is 17.7 Å². The summed E-state index contributed by atoms with van der Waals surface area (Å²) in [5.41, 5.74) is 4.92. The number of hydrogen-bond donors (Lipinski definition) is 3. The first kappa shape index (κ1) is 38.2. The largest absolute Gasteiger partial charge is 0.507 e. The molecule has 9 rings (SSSR count). The van der Waals surface area contributed by atoms with Gasteiger partial charge in [-0.15, -0.1) is 0 Å². The van der Waals surface area contributed by atoms with E-state index in [9.17, 15) is 19.5 Å². The monoisotopic (exact) mass is 781 g/mol. The van der Waals surface area contributed by atoms with Gasteiger partial charge in [-0.05, 0) is 111 Å². The Balaban J connectivity index is 0.774. The number of amides is 3. The first-order valence-corrected chi connectivity index (χ1v) is 21.4. The molecule has 4 saturated heterocycles. The summed E-state index contributed by atoms with van der Waals surface area (Å²) < 4.78 is 0. The number of piperidine rings is 3. The third kappa shape index (κ3) is 7.93. The predicted molar refractivity (Wildman–Crippen MR) is 224 cm³/mol. The molecule has 4 aromatic rings. The molecule has 3 N–H and O–H groups in total. The Kier molecular flexibility index (Phi) is 10.9. The number of aromatic hydroxyl groups is 1. The molecule has 58 heavy (non-hydrogen) atoms. The topological polar surface area (TPSA) is 131 Å². The van der Waals surface area contributed by atoms with Crippen LogP contribution in [0.2, 0.25) is 0 Å². The second-order valence-electron chi connectivity index (χ2n) is 17.5. The Morgan fingerprint density at radius 3 is 2.29 bits per heavy atom. The summed E-state index contributed by atoms with van der Waals surface area (Å²) in [5, 5.41) is 25.1. The van der Waals surface area contributed by atoms with Crippen LogP contribution in [0.25, 0.3) is 11.3 Å². The highest BCUT2D eigenvalue weighted by molar-refractivity contribution is 6.01. The van der Waals surface area contributed by atoms with Crippen molar-refractivity contribution in [1.29, 1.82) is 0 Å². The number of carbonyl (C=O) groups excluding carboxylic acids is 3. The van der Waals surface area contributed by atoms with Crippen LogP contribution >= 0.6 is 0 Å². The van der Waals surface area contributed by atoms with Crippen molar-refractivity contribution in [3.05, 3.63) is 102 Å². The number of phenols is 1. The average molecular weight is 782 g/mol. The number of anilines is 2. The highest BCUT2D eigenvalue weighted by Gasteiger charge is 2.45. The maximum Gasteiger partial charge on any atom is 0.234 e. The normalized spacial score (nSPS) is 25.2. The molecule has 0 radical (unpaired) electrons. The predicted octanol–water partition coefficient (Wildman–Crippen LogP) is 6.04. The summed E-state index contributed by atoms with van der Waals surface area (Å²) in [6, 6.07) is 28.1.